The van der Waals surface area contributed by atoms with E-state index in [1.165, 1.54) is 6.20 Å². The number of anilines is 1. The quantitative estimate of drug-likeness (QED) is 0.705. The number of nitrogens with one attached hydrogen (secondary N) is 2. The summed E-state index contributed by atoms with van der Waals surface area (Å²) in [4.78, 5) is 27.3. The molecule has 0 fully saturated rings. The number of carbonyl (C=O) groups is 2. The zero-order chi connectivity index (χ0) is 10.7. The summed E-state index contributed by atoms with van der Waals surface area (Å²) in [6.07, 6.45) is 1.21. The largest absolute Gasteiger partial charge is 0.475 e. The van der Waals surface area contributed by atoms with Gasteiger partial charge in [-0.25, -0.2) is 9.78 Å². The van der Waals surface area contributed by atoms with Gasteiger partial charge in [0.25, 0.3) is 5.91 Å². The molecule has 7 heteroatoms. The van der Waals surface area contributed by atoms with Crippen molar-refractivity contribution in [3.8, 4) is 0 Å². The molecule has 0 bridgehead atoms. The number of aromatic amines is 1. The second kappa shape index (κ2) is 4.05. The molecule has 1 heterocycles. The molecule has 6 nitrogen and oxygen atoms in total. The first-order valence-corrected chi connectivity index (χ1v) is 4.24. The number of hydrogen-bond donors (Lipinski definition) is 3. The molecule has 0 radical (unpaired) electrons. The lowest BCUT2D eigenvalue weighted by atomic mass is 10.5. The summed E-state index contributed by atoms with van der Waals surface area (Å²) in [5.74, 6) is -1.69. The summed E-state index contributed by atoms with van der Waals surface area (Å²) in [5, 5.41) is 10.9. The Labute approximate surface area is 87.2 Å². The third kappa shape index (κ3) is 2.43. The Hall–Kier alpha value is -1.63. The summed E-state index contributed by atoms with van der Waals surface area (Å²) in [5.41, 5.74) is 0. The molecule has 0 aliphatic carbocycles. The molecule has 1 rings (SSSR count). The fourth-order valence-corrected chi connectivity index (χ4v) is 0.783. The van der Waals surface area contributed by atoms with Crippen LogP contribution in [0.3, 0.4) is 0 Å². The van der Waals surface area contributed by atoms with E-state index in [2.05, 4.69) is 37.8 Å². The van der Waals surface area contributed by atoms with Crippen molar-refractivity contribution < 1.29 is 14.7 Å². The van der Waals surface area contributed by atoms with Gasteiger partial charge in [-0.15, -0.1) is 0 Å². The number of carbonyl (C=O) groups excluding carboxylic acids is 1. The minimum Gasteiger partial charge on any atom is -0.475 e. The molecule has 14 heavy (non-hydrogen) atoms. The summed E-state index contributed by atoms with van der Waals surface area (Å²) in [6, 6.07) is 0. The number of carboxylic acid groups (broad SMARTS) is 1. The lowest BCUT2D eigenvalue weighted by Crippen LogP contribution is -2.11. The van der Waals surface area contributed by atoms with Crippen LogP contribution in [0.5, 0.6) is 0 Å². The van der Waals surface area contributed by atoms with Crippen LogP contribution >= 0.6 is 15.9 Å². The highest BCUT2D eigenvalue weighted by molar-refractivity contribution is 9.12. The Balaban J connectivity index is 2.74. The topological polar surface area (TPSA) is 95.1 Å². The molecule has 1 amide bonds. The fourth-order valence-electron chi connectivity index (χ4n) is 0.684. The second-order valence-corrected chi connectivity index (χ2v) is 3.27. The zero-order valence-corrected chi connectivity index (χ0v) is 8.46. The van der Waals surface area contributed by atoms with Crippen molar-refractivity contribution in [3.63, 3.8) is 0 Å². The predicted molar refractivity (Wildman–Crippen MR) is 52.2 cm³/mol. The molecule has 0 spiro atoms. The zero-order valence-electron chi connectivity index (χ0n) is 6.87. The molecule has 1 aromatic rings. The third-order valence-corrected chi connectivity index (χ3v) is 1.63. The summed E-state index contributed by atoms with van der Waals surface area (Å²) in [7, 11) is 0. The van der Waals surface area contributed by atoms with E-state index in [-0.39, 0.29) is 16.1 Å². The van der Waals surface area contributed by atoms with Crippen molar-refractivity contribution in [2.45, 2.75) is 0 Å². The standard InChI is InChI=1S/C7H6BrN3O3/c1-3(8)6(12)11-4-2-9-5(10-4)7(13)14/h2H,1H2,(H,9,10)(H,11,12)(H,13,14). The van der Waals surface area contributed by atoms with Crippen LogP contribution in [-0.4, -0.2) is 27.0 Å². The van der Waals surface area contributed by atoms with Gasteiger partial charge in [0.15, 0.2) is 0 Å². The Morgan fingerprint density at radius 3 is 2.71 bits per heavy atom. The smallest absolute Gasteiger partial charge is 0.371 e. The number of aromatic carboxylic acids is 1. The summed E-state index contributed by atoms with van der Waals surface area (Å²) < 4.78 is 0.143. The van der Waals surface area contributed by atoms with Crippen LogP contribution in [0, 0.1) is 0 Å². The highest BCUT2D eigenvalue weighted by atomic mass is 79.9. The van der Waals surface area contributed by atoms with Gasteiger partial charge in [-0.2, -0.15) is 0 Å². The van der Waals surface area contributed by atoms with Crippen molar-refractivity contribution in [2.75, 3.05) is 5.32 Å². The van der Waals surface area contributed by atoms with Crippen molar-refractivity contribution in [3.05, 3.63) is 23.1 Å². The first-order chi connectivity index (χ1) is 6.50. The van der Waals surface area contributed by atoms with Crippen LogP contribution in [0.2, 0.25) is 0 Å². The molecule has 0 aromatic carbocycles. The van der Waals surface area contributed by atoms with Gasteiger partial charge in [0.05, 0.1) is 10.7 Å². The Morgan fingerprint density at radius 2 is 2.29 bits per heavy atom. The number of rotatable bonds is 3. The highest BCUT2D eigenvalue weighted by Crippen LogP contribution is 2.07. The fraction of sp³-hybridized carbons (Fsp3) is 0. The maximum Gasteiger partial charge on any atom is 0.371 e. The minimum absolute atomic E-state index is 0.143. The maximum absolute atomic E-state index is 11.0. The van der Waals surface area contributed by atoms with Gasteiger partial charge in [-0.3, -0.25) is 4.79 Å². The average Bonchev–Trinajstić information content (AvgIpc) is 2.52. The first-order valence-electron chi connectivity index (χ1n) is 3.44. The highest BCUT2D eigenvalue weighted by Gasteiger charge is 2.10. The molecule has 1 aromatic heterocycles. The van der Waals surface area contributed by atoms with E-state index in [4.69, 9.17) is 5.11 Å². The number of imidazole rings is 1. The van der Waals surface area contributed by atoms with Gasteiger partial charge in [0, 0.05) is 0 Å². The van der Waals surface area contributed by atoms with E-state index in [0.29, 0.717) is 0 Å². The summed E-state index contributed by atoms with van der Waals surface area (Å²) in [6.45, 7) is 3.35. The lowest BCUT2D eigenvalue weighted by Gasteiger charge is -1.98. The molecule has 0 aliphatic rings. The first kappa shape index (κ1) is 10.5. The van der Waals surface area contributed by atoms with E-state index in [0.717, 1.165) is 0 Å². The van der Waals surface area contributed by atoms with E-state index < -0.39 is 11.9 Å². The van der Waals surface area contributed by atoms with E-state index >= 15 is 0 Å². The van der Waals surface area contributed by atoms with Crippen molar-refractivity contribution in [2.24, 2.45) is 0 Å². The predicted octanol–water partition coefficient (Wildman–Crippen LogP) is 0.955. The molecule has 0 saturated heterocycles. The molecule has 74 valence electrons. The van der Waals surface area contributed by atoms with Crippen molar-refractivity contribution in [1.29, 1.82) is 0 Å². The van der Waals surface area contributed by atoms with Gasteiger partial charge in [-0.1, -0.05) is 6.58 Å². The maximum atomic E-state index is 11.0. The van der Waals surface area contributed by atoms with Crippen LogP contribution < -0.4 is 5.32 Å². The lowest BCUT2D eigenvalue weighted by molar-refractivity contribution is -0.112. The number of hydrogen-bond acceptors (Lipinski definition) is 3. The van der Waals surface area contributed by atoms with Gasteiger partial charge < -0.3 is 15.4 Å². The van der Waals surface area contributed by atoms with Crippen LogP contribution in [0.25, 0.3) is 0 Å². The van der Waals surface area contributed by atoms with Gasteiger partial charge in [0.2, 0.25) is 5.82 Å². The van der Waals surface area contributed by atoms with E-state index in [1.54, 1.807) is 0 Å². The SMILES string of the molecule is C=C(Br)C(=O)Nc1cnc(C(=O)O)[nH]1. The van der Waals surface area contributed by atoms with Crippen LogP contribution in [0.4, 0.5) is 5.82 Å². The monoisotopic (exact) mass is 259 g/mol. The van der Waals surface area contributed by atoms with Gasteiger partial charge in [-0.05, 0) is 15.9 Å². The molecule has 3 N–H and O–H groups in total. The molecule has 0 unspecified atom stereocenters. The number of halogens is 1. The summed E-state index contributed by atoms with van der Waals surface area (Å²) >= 11 is 2.88. The van der Waals surface area contributed by atoms with Gasteiger partial charge >= 0.3 is 5.97 Å². The average molecular weight is 260 g/mol. The third-order valence-electron chi connectivity index (χ3n) is 1.27. The van der Waals surface area contributed by atoms with Crippen LogP contribution in [0.15, 0.2) is 17.3 Å². The van der Waals surface area contributed by atoms with Crippen molar-refractivity contribution in [1.82, 2.24) is 9.97 Å². The number of carboxylic acids is 1. The van der Waals surface area contributed by atoms with E-state index in [1.807, 2.05) is 0 Å². The molecule has 0 atom stereocenters. The van der Waals surface area contributed by atoms with E-state index in [9.17, 15) is 9.59 Å². The minimum atomic E-state index is -1.19. The molecule has 0 aliphatic heterocycles. The van der Waals surface area contributed by atoms with Gasteiger partial charge in [0.1, 0.15) is 5.82 Å². The number of aromatic nitrogens is 2. The Kier molecular flexibility index (Phi) is 3.03. The number of nitrogens with zero attached hydrogens (tertiary/aromatic N) is 1. The normalized spacial score (nSPS) is 9.50. The van der Waals surface area contributed by atoms with Crippen molar-refractivity contribution >= 4 is 33.6 Å². The molecular weight excluding hydrogens is 254 g/mol. The van der Waals surface area contributed by atoms with Crippen LogP contribution in [-0.2, 0) is 4.79 Å². The Morgan fingerprint density at radius 1 is 1.64 bits per heavy atom. The Bertz CT molecular complexity index is 399. The molecular formula is C7H6BrN3O3. The number of H-pyrrole nitrogens is 1. The number of amides is 1. The van der Waals surface area contributed by atoms with Crippen LogP contribution in [0.1, 0.15) is 10.6 Å². The molecule has 0 saturated carbocycles. The second-order valence-electron chi connectivity index (χ2n) is 2.31.